The van der Waals surface area contributed by atoms with Gasteiger partial charge in [-0.25, -0.2) is 4.79 Å². The summed E-state index contributed by atoms with van der Waals surface area (Å²) in [4.78, 5) is 26.7. The molecule has 1 N–H and O–H groups in total. The predicted molar refractivity (Wildman–Crippen MR) is 95.7 cm³/mol. The molecule has 1 heterocycles. The van der Waals surface area contributed by atoms with Crippen LogP contribution in [0.15, 0.2) is 71.9 Å². The largest absolute Gasteiger partial charge is 0.463 e. The van der Waals surface area contributed by atoms with Crippen LogP contribution in [0.4, 0.5) is 5.69 Å². The molecule has 5 nitrogen and oxygen atoms in total. The van der Waals surface area contributed by atoms with E-state index in [-0.39, 0.29) is 19.1 Å². The molecule has 0 atom stereocenters. The molecule has 0 bridgehead atoms. The molecule has 5 heteroatoms. The summed E-state index contributed by atoms with van der Waals surface area (Å²) in [6.07, 6.45) is 0. The topological polar surface area (TPSA) is 58.6 Å². The average molecular weight is 336 g/mol. The van der Waals surface area contributed by atoms with E-state index in [9.17, 15) is 9.59 Å². The molecular weight excluding hydrogens is 316 g/mol. The summed E-state index contributed by atoms with van der Waals surface area (Å²) in [5, 5.41) is 3.12. The number of nitrogens with one attached hydrogen (secondary N) is 1. The minimum absolute atomic E-state index is 0.207. The van der Waals surface area contributed by atoms with Crippen LogP contribution in [0, 0.1) is 0 Å². The second kappa shape index (κ2) is 7.66. The van der Waals surface area contributed by atoms with Gasteiger partial charge in [-0.2, -0.15) is 0 Å². The molecule has 1 aliphatic heterocycles. The van der Waals surface area contributed by atoms with Gasteiger partial charge in [0.25, 0.3) is 5.91 Å². The van der Waals surface area contributed by atoms with E-state index in [2.05, 4.69) is 5.32 Å². The molecule has 0 fully saturated rings. The lowest BCUT2D eigenvalue weighted by atomic mass is 10.2. The van der Waals surface area contributed by atoms with Gasteiger partial charge in [-0.05, 0) is 24.6 Å². The fourth-order valence-corrected chi connectivity index (χ4v) is 2.74. The van der Waals surface area contributed by atoms with Crippen LogP contribution in [-0.2, 0) is 20.9 Å². The van der Waals surface area contributed by atoms with Crippen LogP contribution in [0.3, 0.4) is 0 Å². The lowest BCUT2D eigenvalue weighted by Crippen LogP contribution is -2.30. The highest BCUT2D eigenvalue weighted by atomic mass is 16.5. The van der Waals surface area contributed by atoms with Crippen molar-refractivity contribution in [2.24, 2.45) is 0 Å². The number of nitrogens with zero attached hydrogens (tertiary/aromatic N) is 1. The van der Waals surface area contributed by atoms with Crippen molar-refractivity contribution >= 4 is 17.6 Å². The van der Waals surface area contributed by atoms with Gasteiger partial charge < -0.3 is 15.0 Å². The Morgan fingerprint density at radius 2 is 1.72 bits per heavy atom. The van der Waals surface area contributed by atoms with E-state index >= 15 is 0 Å². The van der Waals surface area contributed by atoms with Gasteiger partial charge in [-0.1, -0.05) is 48.5 Å². The molecule has 0 radical (unpaired) electrons. The van der Waals surface area contributed by atoms with Crippen molar-refractivity contribution in [1.29, 1.82) is 0 Å². The molecule has 1 aliphatic rings. The summed E-state index contributed by atoms with van der Waals surface area (Å²) < 4.78 is 5.12. The summed E-state index contributed by atoms with van der Waals surface area (Å²) in [6, 6.07) is 19.0. The van der Waals surface area contributed by atoms with E-state index in [1.54, 1.807) is 11.8 Å². The molecule has 1 amide bonds. The fraction of sp³-hybridized carbons (Fsp3) is 0.200. The minimum atomic E-state index is -0.454. The molecule has 0 aromatic heterocycles. The molecule has 0 saturated heterocycles. The number of anilines is 1. The van der Waals surface area contributed by atoms with Crippen LogP contribution in [0.25, 0.3) is 0 Å². The molecule has 3 rings (SSSR count). The second-order valence-corrected chi connectivity index (χ2v) is 5.64. The third-order valence-corrected chi connectivity index (χ3v) is 3.98. The maximum atomic E-state index is 12.8. The van der Waals surface area contributed by atoms with E-state index in [1.165, 1.54) is 0 Å². The monoisotopic (exact) mass is 336 g/mol. The number of amides is 1. The van der Waals surface area contributed by atoms with Crippen LogP contribution >= 0.6 is 0 Å². The first kappa shape index (κ1) is 16.8. The van der Waals surface area contributed by atoms with Gasteiger partial charge in [0.05, 0.1) is 18.7 Å². The zero-order valence-electron chi connectivity index (χ0n) is 14.1. The third-order valence-electron chi connectivity index (χ3n) is 3.98. The van der Waals surface area contributed by atoms with Gasteiger partial charge in [0, 0.05) is 12.2 Å². The first-order valence-electron chi connectivity index (χ1n) is 8.25. The zero-order valence-corrected chi connectivity index (χ0v) is 14.1. The Bertz CT molecular complexity index is 785. The van der Waals surface area contributed by atoms with Crippen molar-refractivity contribution in [2.75, 3.05) is 18.1 Å². The predicted octanol–water partition coefficient (Wildman–Crippen LogP) is 2.64. The van der Waals surface area contributed by atoms with E-state index in [0.29, 0.717) is 17.8 Å². The zero-order chi connectivity index (χ0) is 17.6. The number of esters is 1. The molecular formula is C20H20N2O3. The van der Waals surface area contributed by atoms with Crippen molar-refractivity contribution in [3.8, 4) is 0 Å². The number of ether oxygens (including phenoxy) is 1. The first-order chi connectivity index (χ1) is 12.2. The minimum Gasteiger partial charge on any atom is -0.463 e. The number of rotatable bonds is 6. The molecule has 2 aromatic rings. The van der Waals surface area contributed by atoms with Gasteiger partial charge in [-0.15, -0.1) is 0 Å². The maximum absolute atomic E-state index is 12.8. The van der Waals surface area contributed by atoms with Gasteiger partial charge in [-0.3, -0.25) is 4.79 Å². The van der Waals surface area contributed by atoms with Crippen molar-refractivity contribution in [3.05, 3.63) is 77.5 Å². The standard InChI is InChI=1S/C20H20N2O3/c1-2-25-20(24)17-14-22(16-11-7-4-8-12-16)19(23)18(17)21-13-15-9-5-3-6-10-15/h3-12,21H,2,13-14H2,1H3. The second-order valence-electron chi connectivity index (χ2n) is 5.64. The molecule has 0 aliphatic carbocycles. The van der Waals surface area contributed by atoms with Crippen LogP contribution in [-0.4, -0.2) is 25.0 Å². The van der Waals surface area contributed by atoms with E-state index in [0.717, 1.165) is 11.3 Å². The Morgan fingerprint density at radius 1 is 1.08 bits per heavy atom. The highest BCUT2D eigenvalue weighted by molar-refractivity contribution is 6.14. The lowest BCUT2D eigenvalue weighted by Gasteiger charge is -2.16. The Balaban J connectivity index is 1.84. The first-order valence-corrected chi connectivity index (χ1v) is 8.25. The molecule has 2 aromatic carbocycles. The van der Waals surface area contributed by atoms with Gasteiger partial charge in [0.1, 0.15) is 5.70 Å². The quantitative estimate of drug-likeness (QED) is 0.824. The fourth-order valence-electron chi connectivity index (χ4n) is 2.74. The summed E-state index contributed by atoms with van der Waals surface area (Å²) in [5.41, 5.74) is 2.47. The summed E-state index contributed by atoms with van der Waals surface area (Å²) in [5.74, 6) is -0.671. The Morgan fingerprint density at radius 3 is 2.36 bits per heavy atom. The van der Waals surface area contributed by atoms with Crippen molar-refractivity contribution in [3.63, 3.8) is 0 Å². The van der Waals surface area contributed by atoms with Gasteiger partial charge in [0.2, 0.25) is 0 Å². The number of carbonyl (C=O) groups excluding carboxylic acids is 2. The number of hydrogen-bond acceptors (Lipinski definition) is 4. The third kappa shape index (κ3) is 3.71. The van der Waals surface area contributed by atoms with Crippen LogP contribution in [0.1, 0.15) is 12.5 Å². The van der Waals surface area contributed by atoms with Gasteiger partial charge >= 0.3 is 5.97 Å². The van der Waals surface area contributed by atoms with Crippen molar-refractivity contribution in [1.82, 2.24) is 5.32 Å². The van der Waals surface area contributed by atoms with E-state index in [1.807, 2.05) is 60.7 Å². The molecule has 0 saturated carbocycles. The number of benzene rings is 2. The number of para-hydroxylation sites is 1. The highest BCUT2D eigenvalue weighted by Gasteiger charge is 2.35. The summed E-state index contributed by atoms with van der Waals surface area (Å²) in [6.45, 7) is 2.70. The van der Waals surface area contributed by atoms with Gasteiger partial charge in [0.15, 0.2) is 0 Å². The Kier molecular flexibility index (Phi) is 5.14. The number of hydrogen-bond donors (Lipinski definition) is 1. The lowest BCUT2D eigenvalue weighted by molar-refractivity contribution is -0.138. The SMILES string of the molecule is CCOC(=O)C1=C(NCc2ccccc2)C(=O)N(c2ccccc2)C1. The number of carbonyl (C=O) groups is 2. The van der Waals surface area contributed by atoms with Crippen LogP contribution < -0.4 is 10.2 Å². The van der Waals surface area contributed by atoms with Crippen LogP contribution in [0.5, 0.6) is 0 Å². The molecule has 25 heavy (non-hydrogen) atoms. The normalized spacial score (nSPS) is 14.0. The van der Waals surface area contributed by atoms with E-state index in [4.69, 9.17) is 4.74 Å². The summed E-state index contributed by atoms with van der Waals surface area (Å²) >= 11 is 0. The summed E-state index contributed by atoms with van der Waals surface area (Å²) in [7, 11) is 0. The Hall–Kier alpha value is -3.08. The van der Waals surface area contributed by atoms with Crippen molar-refractivity contribution < 1.29 is 14.3 Å². The molecule has 128 valence electrons. The Labute approximate surface area is 146 Å². The average Bonchev–Trinajstić information content (AvgIpc) is 2.98. The highest BCUT2D eigenvalue weighted by Crippen LogP contribution is 2.25. The molecule has 0 unspecified atom stereocenters. The van der Waals surface area contributed by atoms with E-state index < -0.39 is 5.97 Å². The maximum Gasteiger partial charge on any atom is 0.338 e. The smallest absolute Gasteiger partial charge is 0.338 e. The van der Waals surface area contributed by atoms with Crippen LogP contribution in [0.2, 0.25) is 0 Å². The van der Waals surface area contributed by atoms with Crippen molar-refractivity contribution in [2.45, 2.75) is 13.5 Å². The molecule has 0 spiro atoms.